The van der Waals surface area contributed by atoms with Crippen LogP contribution in [0.25, 0.3) is 0 Å². The van der Waals surface area contributed by atoms with E-state index in [4.69, 9.17) is 0 Å². The molecule has 7 atom stereocenters. The minimum Gasteiger partial charge on any atom is -0.393 e. The van der Waals surface area contributed by atoms with Gasteiger partial charge in [-0.15, -0.1) is 0 Å². The average Bonchev–Trinajstić information content (AvgIpc) is 2.96. The molecule has 31 heavy (non-hydrogen) atoms. The van der Waals surface area contributed by atoms with E-state index in [2.05, 4.69) is 73.6 Å². The van der Waals surface area contributed by atoms with Crippen molar-refractivity contribution in [1.29, 1.82) is 0 Å². The molecule has 0 bridgehead atoms. The van der Waals surface area contributed by atoms with E-state index in [0.717, 1.165) is 12.3 Å². The Morgan fingerprint density at radius 2 is 1.65 bits per heavy atom. The second kappa shape index (κ2) is 7.61. The van der Waals surface area contributed by atoms with Crippen LogP contribution < -0.4 is 0 Å². The van der Waals surface area contributed by atoms with Gasteiger partial charge in [0.05, 0.1) is 6.10 Å². The largest absolute Gasteiger partial charge is 0.393 e. The molecule has 0 saturated heterocycles. The lowest BCUT2D eigenvalue weighted by Gasteiger charge is -2.62. The SMILES string of the molecule is CC(C)=C/C=C/[C@@H](C)[C@H]1CC[C@@]2(C)C3=C(CC[C@]12C)[C@@]1(C)CC[C@H](O)C(C)(C)[C@@H]1CC3. The molecule has 0 spiro atoms. The summed E-state index contributed by atoms with van der Waals surface area (Å²) in [5, 5.41) is 10.8. The normalized spacial score (nSPS) is 45.1. The molecular weight excluding hydrogens is 376 g/mol. The first-order valence-electron chi connectivity index (χ1n) is 13.1. The molecule has 0 unspecified atom stereocenters. The lowest BCUT2D eigenvalue weighted by atomic mass is 9.43. The Balaban J connectivity index is 1.69. The highest BCUT2D eigenvalue weighted by atomic mass is 16.3. The van der Waals surface area contributed by atoms with Crippen molar-refractivity contribution in [1.82, 2.24) is 0 Å². The maximum absolute atomic E-state index is 10.8. The number of fused-ring (bicyclic) bond motifs is 4. The van der Waals surface area contributed by atoms with Gasteiger partial charge in [-0.1, -0.05) is 76.5 Å². The quantitative estimate of drug-likeness (QED) is 0.357. The fraction of sp³-hybridized carbons (Fsp3) is 0.800. The molecule has 2 fully saturated rings. The molecule has 1 N–H and O–H groups in total. The summed E-state index contributed by atoms with van der Waals surface area (Å²) in [6.45, 7) is 19.4. The number of aliphatic hydroxyl groups is 1. The van der Waals surface area contributed by atoms with Crippen LogP contribution in [0.5, 0.6) is 0 Å². The van der Waals surface area contributed by atoms with E-state index in [1.54, 1.807) is 0 Å². The van der Waals surface area contributed by atoms with E-state index >= 15 is 0 Å². The van der Waals surface area contributed by atoms with Gasteiger partial charge in [-0.25, -0.2) is 0 Å². The van der Waals surface area contributed by atoms with Crippen LogP contribution in [0, 0.1) is 39.4 Å². The molecule has 4 rings (SSSR count). The molecule has 4 aliphatic carbocycles. The van der Waals surface area contributed by atoms with Crippen LogP contribution in [0.15, 0.2) is 34.9 Å². The van der Waals surface area contributed by atoms with Crippen molar-refractivity contribution in [3.8, 4) is 0 Å². The highest BCUT2D eigenvalue weighted by Gasteiger charge is 2.63. The summed E-state index contributed by atoms with van der Waals surface area (Å²) in [5.41, 5.74) is 6.17. The summed E-state index contributed by atoms with van der Waals surface area (Å²) in [5.74, 6) is 2.04. The summed E-state index contributed by atoms with van der Waals surface area (Å²) in [6.07, 6.45) is 17.0. The average molecular weight is 425 g/mol. The van der Waals surface area contributed by atoms with E-state index in [1.807, 2.05) is 11.1 Å². The molecule has 0 amide bonds. The van der Waals surface area contributed by atoms with Gasteiger partial charge >= 0.3 is 0 Å². The standard InChI is InChI=1S/C30H48O/c1-20(2)10-9-11-21(3)22-14-18-30(8)24-12-13-25-27(4,5)26(31)16-17-28(25,6)23(24)15-19-29(22,30)7/h9-11,21-22,25-26,31H,12-19H2,1-8H3/b11-9+/t21-,22-,25+,26+,28-,29-,30+/m1/s1. The first-order valence-corrected chi connectivity index (χ1v) is 13.1. The van der Waals surface area contributed by atoms with Crippen molar-refractivity contribution in [3.63, 3.8) is 0 Å². The minimum absolute atomic E-state index is 0.0373. The number of hydrogen-bond acceptors (Lipinski definition) is 1. The van der Waals surface area contributed by atoms with E-state index < -0.39 is 0 Å². The summed E-state index contributed by atoms with van der Waals surface area (Å²) >= 11 is 0. The fourth-order valence-corrected chi connectivity index (χ4v) is 9.12. The van der Waals surface area contributed by atoms with Crippen molar-refractivity contribution in [3.05, 3.63) is 34.9 Å². The van der Waals surface area contributed by atoms with E-state index in [0.29, 0.717) is 28.1 Å². The van der Waals surface area contributed by atoms with Crippen molar-refractivity contribution in [2.45, 2.75) is 113 Å². The van der Waals surface area contributed by atoms with Crippen molar-refractivity contribution in [2.24, 2.45) is 39.4 Å². The number of aliphatic hydroxyl groups excluding tert-OH is 1. The minimum atomic E-state index is -0.138. The van der Waals surface area contributed by atoms with Crippen LogP contribution in [0.2, 0.25) is 0 Å². The van der Waals surface area contributed by atoms with Gasteiger partial charge in [-0.3, -0.25) is 0 Å². The van der Waals surface area contributed by atoms with Gasteiger partial charge < -0.3 is 5.11 Å². The lowest BCUT2D eigenvalue weighted by molar-refractivity contribution is -0.0960. The van der Waals surface area contributed by atoms with Gasteiger partial charge in [-0.05, 0) is 105 Å². The van der Waals surface area contributed by atoms with Gasteiger partial charge in [0.1, 0.15) is 0 Å². The Morgan fingerprint density at radius 1 is 0.935 bits per heavy atom. The molecule has 2 saturated carbocycles. The summed E-state index contributed by atoms with van der Waals surface area (Å²) in [4.78, 5) is 0. The Hall–Kier alpha value is -0.820. The number of allylic oxidation sites excluding steroid dienone is 6. The molecule has 0 aromatic heterocycles. The summed E-state index contributed by atoms with van der Waals surface area (Å²) in [6, 6.07) is 0. The van der Waals surface area contributed by atoms with Crippen LogP contribution in [0.4, 0.5) is 0 Å². The van der Waals surface area contributed by atoms with Gasteiger partial charge in [0.25, 0.3) is 0 Å². The molecule has 0 aromatic carbocycles. The van der Waals surface area contributed by atoms with Gasteiger partial charge in [0.15, 0.2) is 0 Å². The zero-order chi connectivity index (χ0) is 22.8. The van der Waals surface area contributed by atoms with Crippen molar-refractivity contribution in [2.75, 3.05) is 0 Å². The third-order valence-corrected chi connectivity index (χ3v) is 11.3. The van der Waals surface area contributed by atoms with Crippen molar-refractivity contribution < 1.29 is 5.11 Å². The Morgan fingerprint density at radius 3 is 2.32 bits per heavy atom. The zero-order valence-corrected chi connectivity index (χ0v) is 21.6. The Bertz CT molecular complexity index is 808. The van der Waals surface area contributed by atoms with Crippen LogP contribution in [-0.2, 0) is 0 Å². The molecule has 0 aromatic rings. The number of hydrogen-bond donors (Lipinski definition) is 1. The molecule has 0 heterocycles. The van der Waals surface area contributed by atoms with Crippen LogP contribution in [0.1, 0.15) is 107 Å². The lowest BCUT2D eigenvalue weighted by Crippen LogP contribution is -2.55. The second-order valence-corrected chi connectivity index (χ2v) is 13.2. The smallest absolute Gasteiger partial charge is 0.0594 e. The fourth-order valence-electron chi connectivity index (χ4n) is 9.12. The third-order valence-electron chi connectivity index (χ3n) is 11.3. The van der Waals surface area contributed by atoms with E-state index in [-0.39, 0.29) is 11.5 Å². The Labute approximate surface area is 192 Å². The zero-order valence-electron chi connectivity index (χ0n) is 21.6. The van der Waals surface area contributed by atoms with E-state index in [1.165, 1.54) is 50.5 Å². The third kappa shape index (κ3) is 3.27. The molecule has 0 radical (unpaired) electrons. The van der Waals surface area contributed by atoms with Crippen molar-refractivity contribution >= 4 is 0 Å². The van der Waals surface area contributed by atoms with Gasteiger partial charge in [0, 0.05) is 0 Å². The first kappa shape index (κ1) is 23.3. The number of rotatable bonds is 3. The van der Waals surface area contributed by atoms with Crippen LogP contribution >= 0.6 is 0 Å². The molecule has 174 valence electrons. The predicted octanol–water partition coefficient (Wildman–Crippen LogP) is 8.26. The maximum atomic E-state index is 10.8. The molecule has 4 aliphatic rings. The highest BCUT2D eigenvalue weighted by Crippen LogP contribution is 2.72. The first-order chi connectivity index (χ1) is 14.4. The molecule has 1 heteroatoms. The summed E-state index contributed by atoms with van der Waals surface area (Å²) in [7, 11) is 0. The molecule has 1 nitrogen and oxygen atoms in total. The maximum Gasteiger partial charge on any atom is 0.0594 e. The predicted molar refractivity (Wildman–Crippen MR) is 133 cm³/mol. The topological polar surface area (TPSA) is 20.2 Å². The van der Waals surface area contributed by atoms with Crippen LogP contribution in [-0.4, -0.2) is 11.2 Å². The summed E-state index contributed by atoms with van der Waals surface area (Å²) < 4.78 is 0. The van der Waals surface area contributed by atoms with Gasteiger partial charge in [-0.2, -0.15) is 0 Å². The Kier molecular flexibility index (Phi) is 5.73. The molecular formula is C30H48O. The van der Waals surface area contributed by atoms with Gasteiger partial charge in [0.2, 0.25) is 0 Å². The second-order valence-electron chi connectivity index (χ2n) is 13.2. The monoisotopic (exact) mass is 424 g/mol. The highest BCUT2D eigenvalue weighted by molar-refractivity contribution is 5.39. The van der Waals surface area contributed by atoms with Crippen LogP contribution in [0.3, 0.4) is 0 Å². The van der Waals surface area contributed by atoms with E-state index in [9.17, 15) is 5.11 Å². The molecule has 0 aliphatic heterocycles.